The van der Waals surface area contributed by atoms with Gasteiger partial charge < -0.3 is 25.6 Å². The molecule has 1 saturated carbocycles. The number of primary amides is 1. The molecule has 14 heteroatoms. The van der Waals surface area contributed by atoms with Gasteiger partial charge in [-0.25, -0.2) is 14.4 Å². The number of carbonyl (C=O) groups is 2. The van der Waals surface area contributed by atoms with Crippen molar-refractivity contribution in [2.75, 3.05) is 13.2 Å². The molecule has 0 saturated heterocycles. The number of aliphatic hydroxyl groups is 1. The number of carbonyl (C=O) groups excluding carboxylic acids is 2. The van der Waals surface area contributed by atoms with Crippen LogP contribution in [0.4, 0.5) is 17.6 Å². The van der Waals surface area contributed by atoms with Crippen LogP contribution in [-0.2, 0) is 16.8 Å². The summed E-state index contributed by atoms with van der Waals surface area (Å²) in [6.07, 6.45) is -4.43. The Balaban J connectivity index is 1.56. The van der Waals surface area contributed by atoms with E-state index < -0.39 is 48.1 Å². The Morgan fingerprint density at radius 2 is 1.80 bits per heavy atom. The van der Waals surface area contributed by atoms with Gasteiger partial charge in [0.05, 0.1) is 31.4 Å². The monoisotopic (exact) mass is 660 g/mol. The van der Waals surface area contributed by atoms with Gasteiger partial charge in [-0.15, -0.1) is 0 Å². The third-order valence-corrected chi connectivity index (χ3v) is 7.69. The maximum atomic E-state index is 14.7. The molecule has 1 fully saturated rings. The minimum atomic E-state index is -5.37. The zero-order chi connectivity index (χ0) is 33.4. The van der Waals surface area contributed by atoms with E-state index in [-0.39, 0.29) is 51.7 Å². The average molecular weight is 661 g/mol. The van der Waals surface area contributed by atoms with Crippen molar-refractivity contribution in [1.29, 1.82) is 0 Å². The van der Waals surface area contributed by atoms with Crippen LogP contribution in [0.5, 0.6) is 11.5 Å². The predicted molar refractivity (Wildman–Crippen MR) is 161 cm³/mol. The van der Waals surface area contributed by atoms with Crippen molar-refractivity contribution in [3.63, 3.8) is 0 Å². The average Bonchev–Trinajstić information content (AvgIpc) is 3.81. The van der Waals surface area contributed by atoms with Gasteiger partial charge in [-0.05, 0) is 80.8 Å². The molecule has 1 aliphatic carbocycles. The number of nitrogens with one attached hydrogen (secondary N) is 1. The zero-order valence-electron chi connectivity index (χ0n) is 24.7. The first-order chi connectivity index (χ1) is 21.7. The van der Waals surface area contributed by atoms with Gasteiger partial charge in [0, 0.05) is 22.1 Å². The standard InChI is InChI=1S/C32H29ClF4N4O5/c1-3-45-28-19(14-25(38)42)13-24(40-27(28)17-4-6-21(34)7-5-17)31(44,32(35,36)37)15-39-30(43)20-11-18-10-16(2)29(33)41-26(18)23(12-20)46-22-8-9-22/h4-7,10-13,22,44H,3,8-9,14-15H2,1-2H3,(H2,38,42)(H,39,43)/t31-/m0/s1. The van der Waals surface area contributed by atoms with Crippen molar-refractivity contribution >= 4 is 34.3 Å². The number of amides is 2. The largest absolute Gasteiger partial charge is 0.491 e. The van der Waals surface area contributed by atoms with Gasteiger partial charge in [-0.3, -0.25) is 9.59 Å². The summed E-state index contributed by atoms with van der Waals surface area (Å²) in [5.41, 5.74) is 1.52. The van der Waals surface area contributed by atoms with E-state index in [0.717, 1.165) is 31.0 Å². The fourth-order valence-electron chi connectivity index (χ4n) is 4.80. The van der Waals surface area contributed by atoms with Crippen molar-refractivity contribution < 1.29 is 41.7 Å². The van der Waals surface area contributed by atoms with E-state index in [1.807, 2.05) is 0 Å². The first kappa shape index (κ1) is 32.9. The summed E-state index contributed by atoms with van der Waals surface area (Å²) in [7, 11) is 0. The molecule has 0 spiro atoms. The van der Waals surface area contributed by atoms with Gasteiger partial charge in [0.1, 0.15) is 33.7 Å². The topological polar surface area (TPSA) is 137 Å². The fraction of sp³-hybridized carbons (Fsp3) is 0.312. The maximum Gasteiger partial charge on any atom is 0.424 e. The lowest BCUT2D eigenvalue weighted by molar-refractivity contribution is -0.265. The van der Waals surface area contributed by atoms with Crippen molar-refractivity contribution in [3.8, 4) is 22.8 Å². The molecule has 0 bridgehead atoms. The Hall–Kier alpha value is -4.49. The predicted octanol–water partition coefficient (Wildman–Crippen LogP) is 5.55. The van der Waals surface area contributed by atoms with E-state index in [4.69, 9.17) is 26.8 Å². The molecule has 1 aliphatic rings. The first-order valence-corrected chi connectivity index (χ1v) is 14.6. The summed E-state index contributed by atoms with van der Waals surface area (Å²) in [5, 5.41) is 14.1. The summed E-state index contributed by atoms with van der Waals surface area (Å²) >= 11 is 6.20. The highest BCUT2D eigenvalue weighted by atomic mass is 35.5. The van der Waals surface area contributed by atoms with Crippen molar-refractivity contribution in [1.82, 2.24) is 15.3 Å². The molecule has 9 nitrogen and oxygen atoms in total. The number of benzene rings is 2. The lowest BCUT2D eigenvalue weighted by Gasteiger charge is -2.31. The number of aryl methyl sites for hydroxylation is 1. The fourth-order valence-corrected chi connectivity index (χ4v) is 4.94. The van der Waals surface area contributed by atoms with E-state index in [0.29, 0.717) is 16.5 Å². The number of nitrogens with two attached hydrogens (primary N) is 1. The van der Waals surface area contributed by atoms with Gasteiger partial charge in [0.15, 0.2) is 0 Å². The van der Waals surface area contributed by atoms with Crippen LogP contribution in [0.3, 0.4) is 0 Å². The Kier molecular flexibility index (Phi) is 9.09. The van der Waals surface area contributed by atoms with E-state index in [1.54, 1.807) is 19.9 Å². The smallest absolute Gasteiger partial charge is 0.424 e. The molecule has 1 atom stereocenters. The molecule has 5 rings (SSSR count). The Morgan fingerprint density at radius 1 is 1.11 bits per heavy atom. The van der Waals surface area contributed by atoms with Gasteiger partial charge in [0.2, 0.25) is 11.5 Å². The third-order valence-electron chi connectivity index (χ3n) is 7.31. The molecule has 4 N–H and O–H groups in total. The SMILES string of the molecule is CCOc1c(CC(N)=O)cc([C@@](O)(CNC(=O)c2cc(OC3CC3)c3nc(Cl)c(C)cc3c2)C(F)(F)F)nc1-c1ccc(F)cc1. The molecule has 0 radical (unpaired) electrons. The maximum absolute atomic E-state index is 14.7. The molecular formula is C32H29ClF4N4O5. The first-order valence-electron chi connectivity index (χ1n) is 14.3. The van der Waals surface area contributed by atoms with E-state index in [2.05, 4.69) is 15.3 Å². The number of hydrogen-bond acceptors (Lipinski definition) is 7. The van der Waals surface area contributed by atoms with E-state index in [1.165, 1.54) is 24.3 Å². The Morgan fingerprint density at radius 3 is 2.41 bits per heavy atom. The molecule has 2 heterocycles. The summed E-state index contributed by atoms with van der Waals surface area (Å²) in [6.45, 7) is 2.00. The molecule has 4 aromatic rings. The normalized spacial score (nSPS) is 14.5. The lowest BCUT2D eigenvalue weighted by Crippen LogP contribution is -2.51. The van der Waals surface area contributed by atoms with Crippen LogP contribution in [-0.4, -0.2) is 52.3 Å². The lowest BCUT2D eigenvalue weighted by atomic mass is 9.93. The van der Waals surface area contributed by atoms with Crippen LogP contribution in [0.2, 0.25) is 5.15 Å². The molecule has 0 unspecified atom stereocenters. The number of nitrogens with zero attached hydrogens (tertiary/aromatic N) is 2. The number of pyridine rings is 2. The van der Waals surface area contributed by atoms with Crippen molar-refractivity contribution in [2.24, 2.45) is 5.73 Å². The number of alkyl halides is 3. The Bertz CT molecular complexity index is 1820. The van der Waals surface area contributed by atoms with Gasteiger partial charge >= 0.3 is 6.18 Å². The summed E-state index contributed by atoms with van der Waals surface area (Å²) < 4.78 is 69.4. The number of rotatable bonds is 11. The number of aromatic nitrogens is 2. The highest BCUT2D eigenvalue weighted by Gasteiger charge is 2.56. The highest BCUT2D eigenvalue weighted by molar-refractivity contribution is 6.30. The van der Waals surface area contributed by atoms with Crippen LogP contribution < -0.4 is 20.5 Å². The molecule has 46 heavy (non-hydrogen) atoms. The molecule has 2 amide bonds. The highest BCUT2D eigenvalue weighted by Crippen LogP contribution is 2.42. The van der Waals surface area contributed by atoms with E-state index >= 15 is 0 Å². The van der Waals surface area contributed by atoms with Gasteiger partial charge in [0.25, 0.3) is 5.91 Å². The van der Waals surface area contributed by atoms with Crippen LogP contribution in [0.1, 0.15) is 46.9 Å². The number of ether oxygens (including phenoxy) is 2. The number of halogens is 5. The van der Waals surface area contributed by atoms with E-state index in [9.17, 15) is 32.3 Å². The second kappa shape index (κ2) is 12.7. The quantitative estimate of drug-likeness (QED) is 0.142. The second-order valence-corrected chi connectivity index (χ2v) is 11.3. The zero-order valence-corrected chi connectivity index (χ0v) is 25.4. The molecule has 2 aromatic carbocycles. The number of hydrogen-bond donors (Lipinski definition) is 3. The summed E-state index contributed by atoms with van der Waals surface area (Å²) in [4.78, 5) is 33.7. The molecule has 242 valence electrons. The second-order valence-electron chi connectivity index (χ2n) is 10.9. The molecular weight excluding hydrogens is 632 g/mol. The molecule has 2 aromatic heterocycles. The van der Waals surface area contributed by atoms with Gasteiger partial charge in [-0.1, -0.05) is 11.6 Å². The molecule has 0 aliphatic heterocycles. The third kappa shape index (κ3) is 6.85. The minimum absolute atomic E-state index is 0.0417. The number of fused-ring (bicyclic) bond motifs is 1. The Labute approximate surface area is 265 Å². The van der Waals surface area contributed by atoms with Crippen LogP contribution in [0.25, 0.3) is 22.2 Å². The summed E-state index contributed by atoms with van der Waals surface area (Å²) in [6, 6.07) is 9.98. The minimum Gasteiger partial charge on any atom is -0.491 e. The van der Waals surface area contributed by atoms with Crippen LogP contribution >= 0.6 is 11.6 Å². The van der Waals surface area contributed by atoms with Crippen molar-refractivity contribution in [3.05, 3.63) is 81.9 Å². The van der Waals surface area contributed by atoms with Crippen LogP contribution in [0.15, 0.2) is 48.5 Å². The van der Waals surface area contributed by atoms with Crippen LogP contribution in [0, 0.1) is 12.7 Å². The summed E-state index contributed by atoms with van der Waals surface area (Å²) in [5.74, 6) is -2.27. The van der Waals surface area contributed by atoms with Gasteiger partial charge in [-0.2, -0.15) is 13.2 Å². The van der Waals surface area contributed by atoms with Crippen molar-refractivity contribution in [2.45, 2.75) is 51.0 Å².